The number of benzene rings is 2. The van der Waals surface area contributed by atoms with E-state index in [1.807, 2.05) is 59.7 Å². The Morgan fingerprint density at radius 2 is 1.38 bits per heavy atom. The van der Waals surface area contributed by atoms with Crippen LogP contribution in [0, 0.1) is 0 Å². The van der Waals surface area contributed by atoms with Crippen molar-refractivity contribution in [1.29, 1.82) is 0 Å². The lowest BCUT2D eigenvalue weighted by Gasteiger charge is -2.54. The lowest BCUT2D eigenvalue weighted by molar-refractivity contribution is -0.433. The van der Waals surface area contributed by atoms with Gasteiger partial charge in [0.2, 0.25) is 14.4 Å². The van der Waals surface area contributed by atoms with E-state index in [0.717, 1.165) is 5.56 Å². The molecule has 1 fully saturated rings. The third kappa shape index (κ3) is 8.80. The molecule has 1 aliphatic rings. The molecule has 13 heteroatoms. The van der Waals surface area contributed by atoms with Gasteiger partial charge in [0.05, 0.1) is 18.3 Å². The first-order chi connectivity index (χ1) is 20.9. The summed E-state index contributed by atoms with van der Waals surface area (Å²) < 4.78 is 28.4. The van der Waals surface area contributed by atoms with Crippen LogP contribution in [0.3, 0.4) is 0 Å². The van der Waals surface area contributed by atoms with Crippen LogP contribution in [0.4, 0.5) is 0 Å². The van der Waals surface area contributed by atoms with Gasteiger partial charge < -0.3 is 33.6 Å². The van der Waals surface area contributed by atoms with E-state index in [4.69, 9.17) is 58.2 Å². The molecule has 0 aromatic heterocycles. The largest absolute Gasteiger partial charge is 0.453 e. The Balaban J connectivity index is 2.24. The molecular weight excluding hydrogens is 663 g/mol. The molecule has 250 valence electrons. The maximum atomic E-state index is 13.6. The SMILES string of the molecule is CC(O)[C@@H]1O[C@@](O)(O[Si](C(C)C)(C(C)C)C(C)C)[C@H](OC(=O)c2ccccc2)[C@@H](OCc2ccccc2)[C@@H]1OC(=O)C(Cl)(Cl)Cl. The van der Waals surface area contributed by atoms with Crippen molar-refractivity contribution < 1.29 is 43.2 Å². The van der Waals surface area contributed by atoms with Gasteiger partial charge in [-0.1, -0.05) is 125 Å². The molecular formula is C32H43Cl3O9Si. The van der Waals surface area contributed by atoms with Crippen LogP contribution in [0.5, 0.6) is 0 Å². The van der Waals surface area contributed by atoms with E-state index in [9.17, 15) is 19.8 Å². The van der Waals surface area contributed by atoms with Crippen LogP contribution in [0.25, 0.3) is 0 Å². The van der Waals surface area contributed by atoms with Crippen molar-refractivity contribution in [2.75, 3.05) is 0 Å². The molecule has 0 amide bonds. The molecule has 3 rings (SSSR count). The van der Waals surface area contributed by atoms with E-state index in [2.05, 4.69) is 0 Å². The summed E-state index contributed by atoms with van der Waals surface area (Å²) in [4.78, 5) is 26.5. The molecule has 2 N–H and O–H groups in total. The van der Waals surface area contributed by atoms with Gasteiger partial charge in [0.15, 0.2) is 6.10 Å². The number of alkyl halides is 3. The second kappa shape index (κ2) is 15.4. The fraction of sp³-hybridized carbons (Fsp3) is 0.562. The lowest BCUT2D eigenvalue weighted by atomic mass is 9.93. The zero-order valence-corrected chi connectivity index (χ0v) is 29.8. The second-order valence-electron chi connectivity index (χ2n) is 12.2. The minimum Gasteiger partial charge on any atom is -0.453 e. The molecule has 0 radical (unpaired) electrons. The monoisotopic (exact) mass is 704 g/mol. The molecule has 9 nitrogen and oxygen atoms in total. The summed E-state index contributed by atoms with van der Waals surface area (Å²) in [5.74, 6) is -4.76. The average molecular weight is 706 g/mol. The zero-order valence-electron chi connectivity index (χ0n) is 26.5. The van der Waals surface area contributed by atoms with Gasteiger partial charge in [0.1, 0.15) is 12.2 Å². The number of halogens is 3. The van der Waals surface area contributed by atoms with Crippen molar-refractivity contribution in [3.8, 4) is 0 Å². The van der Waals surface area contributed by atoms with Gasteiger partial charge in [0, 0.05) is 0 Å². The number of aliphatic hydroxyl groups excluding tert-OH is 1. The van der Waals surface area contributed by atoms with E-state index in [1.165, 1.54) is 6.92 Å². The number of hydrogen-bond acceptors (Lipinski definition) is 9. The summed E-state index contributed by atoms with van der Waals surface area (Å²) in [6, 6.07) is 17.2. The van der Waals surface area contributed by atoms with Crippen molar-refractivity contribution >= 4 is 55.1 Å². The van der Waals surface area contributed by atoms with Crippen LogP contribution in [0.1, 0.15) is 64.4 Å². The van der Waals surface area contributed by atoms with E-state index >= 15 is 0 Å². The summed E-state index contributed by atoms with van der Waals surface area (Å²) in [7, 11) is -3.00. The van der Waals surface area contributed by atoms with Crippen LogP contribution < -0.4 is 0 Å². The van der Waals surface area contributed by atoms with E-state index in [0.29, 0.717) is 0 Å². The average Bonchev–Trinajstić information content (AvgIpc) is 2.96. The molecule has 2 aromatic carbocycles. The van der Waals surface area contributed by atoms with Gasteiger partial charge in [-0.3, -0.25) is 0 Å². The van der Waals surface area contributed by atoms with Crippen LogP contribution in [0.2, 0.25) is 16.6 Å². The topological polar surface area (TPSA) is 121 Å². The van der Waals surface area contributed by atoms with Crippen molar-refractivity contribution in [2.45, 2.75) is 112 Å². The molecule has 1 saturated heterocycles. The van der Waals surface area contributed by atoms with Crippen LogP contribution in [-0.2, 0) is 34.8 Å². The van der Waals surface area contributed by atoms with Gasteiger partial charge in [-0.25, -0.2) is 9.59 Å². The highest BCUT2D eigenvalue weighted by atomic mass is 35.6. The van der Waals surface area contributed by atoms with E-state index < -0.39 is 60.5 Å². The summed E-state index contributed by atoms with van der Waals surface area (Å²) >= 11 is 17.6. The first-order valence-electron chi connectivity index (χ1n) is 14.9. The molecule has 45 heavy (non-hydrogen) atoms. The predicted octanol–water partition coefficient (Wildman–Crippen LogP) is 6.70. The Bertz CT molecular complexity index is 1240. The molecule has 0 spiro atoms. The first-order valence-corrected chi connectivity index (χ1v) is 18.2. The Morgan fingerprint density at radius 3 is 1.84 bits per heavy atom. The normalized spacial score (nSPS) is 25.0. The molecule has 0 saturated carbocycles. The molecule has 1 aliphatic heterocycles. The minimum atomic E-state index is -3.00. The number of carbonyl (C=O) groups is 2. The van der Waals surface area contributed by atoms with Crippen molar-refractivity contribution in [1.82, 2.24) is 0 Å². The van der Waals surface area contributed by atoms with E-state index in [-0.39, 0.29) is 28.8 Å². The second-order valence-corrected chi connectivity index (χ2v) is 19.9. The third-order valence-corrected chi connectivity index (χ3v) is 14.6. The highest BCUT2D eigenvalue weighted by molar-refractivity contribution is 6.77. The van der Waals surface area contributed by atoms with Gasteiger partial charge in [-0.2, -0.15) is 0 Å². The number of aliphatic hydroxyl groups is 2. The van der Waals surface area contributed by atoms with Crippen molar-refractivity contribution in [3.63, 3.8) is 0 Å². The molecule has 6 atom stereocenters. The molecule has 0 aliphatic carbocycles. The fourth-order valence-electron chi connectivity index (χ4n) is 6.13. The number of hydrogen-bond donors (Lipinski definition) is 2. The fourth-order valence-corrected chi connectivity index (χ4v) is 11.6. The standard InChI is InChI=1S/C32H43Cl3O9Si/c1-19(2)45(20(3)4,21(5)6)44-32(39)28(42-29(37)24-16-12-9-13-17-24)27(40-18-23-14-10-8-11-15-23)26(25(43-32)22(7)36)41-30(38)31(33,34)35/h8-17,19-22,25-28,36,39H,18H2,1-7H3/t22?,25-,26+,27-,28+,32+/m0/s1. The van der Waals surface area contributed by atoms with Crippen LogP contribution in [0.15, 0.2) is 60.7 Å². The number of rotatable bonds is 12. The number of ether oxygens (including phenoxy) is 4. The smallest absolute Gasteiger partial charge is 0.359 e. The van der Waals surface area contributed by atoms with Gasteiger partial charge in [-0.15, -0.1) is 0 Å². The van der Waals surface area contributed by atoms with E-state index in [1.54, 1.807) is 42.5 Å². The van der Waals surface area contributed by atoms with Crippen LogP contribution >= 0.6 is 34.8 Å². The summed E-state index contributed by atoms with van der Waals surface area (Å²) in [6.07, 6.45) is -7.56. The van der Waals surface area contributed by atoms with Gasteiger partial charge >= 0.3 is 17.9 Å². The highest BCUT2D eigenvalue weighted by Crippen LogP contribution is 2.48. The van der Waals surface area contributed by atoms with Crippen LogP contribution in [-0.4, -0.2) is 70.8 Å². The maximum Gasteiger partial charge on any atom is 0.359 e. The first kappa shape index (κ1) is 37.7. The highest BCUT2D eigenvalue weighted by Gasteiger charge is 2.64. The minimum absolute atomic E-state index is 0.0378. The number of carbonyl (C=O) groups excluding carboxylic acids is 2. The molecule has 0 bridgehead atoms. The van der Waals surface area contributed by atoms with Gasteiger partial charge in [-0.05, 0) is 41.2 Å². The quantitative estimate of drug-likeness (QED) is 0.108. The molecule has 1 unspecified atom stereocenters. The Morgan fingerprint density at radius 1 is 0.867 bits per heavy atom. The maximum absolute atomic E-state index is 13.6. The Labute approximate surface area is 281 Å². The third-order valence-electron chi connectivity index (χ3n) is 8.12. The summed E-state index contributed by atoms with van der Waals surface area (Å²) in [6.45, 7) is 13.3. The van der Waals surface area contributed by atoms with Crippen molar-refractivity contribution in [3.05, 3.63) is 71.8 Å². The molecule has 2 aromatic rings. The Hall–Kier alpha value is -1.73. The summed E-state index contributed by atoms with van der Waals surface area (Å²) in [5, 5.41) is 23.4. The predicted molar refractivity (Wildman–Crippen MR) is 174 cm³/mol. The lowest BCUT2D eigenvalue weighted by Crippen LogP contribution is -2.72. The van der Waals surface area contributed by atoms with Crippen molar-refractivity contribution in [2.24, 2.45) is 0 Å². The summed E-state index contributed by atoms with van der Waals surface area (Å²) in [5.41, 5.74) is 0.781. The Kier molecular flexibility index (Phi) is 12.9. The zero-order chi connectivity index (χ0) is 33.7. The van der Waals surface area contributed by atoms with Gasteiger partial charge in [0.25, 0.3) is 3.79 Å². The molecule has 1 heterocycles. The number of esters is 2.